The first kappa shape index (κ1) is 22.1. The third kappa shape index (κ3) is 3.24. The molecular weight excluding hydrogens is 412 g/mol. The molecule has 25 heavy (non-hydrogen) atoms. The Bertz CT molecular complexity index is 534. The number of thioether (sulfide) groups is 1. The summed E-state index contributed by atoms with van der Waals surface area (Å²) in [6, 6.07) is 0. The van der Waals surface area contributed by atoms with Crippen LogP contribution in [0.15, 0.2) is 11.2 Å². The lowest BCUT2D eigenvalue weighted by Crippen LogP contribution is -2.65. The van der Waals surface area contributed by atoms with Crippen LogP contribution in [0.3, 0.4) is 0 Å². The molecule has 1 aliphatic rings. The van der Waals surface area contributed by atoms with Gasteiger partial charge in [-0.15, -0.1) is 11.8 Å². The van der Waals surface area contributed by atoms with Gasteiger partial charge in [-0.1, -0.05) is 0 Å². The standard InChI is InChI=1S/C10H6F12O2S/c11-4(12)8(17,18)7(15,16)3-1-25-2-6(23,24-3)10(21,22)9(19,20)5(13)14/h1,4-5,23H,2H2. The molecule has 1 atom stereocenters. The highest BCUT2D eigenvalue weighted by Gasteiger charge is 2.77. The summed E-state index contributed by atoms with van der Waals surface area (Å²) in [5, 5.41) is 9.10. The molecule has 0 saturated heterocycles. The molecular formula is C10H6F12O2S. The Morgan fingerprint density at radius 2 is 1.36 bits per heavy atom. The fourth-order valence-electron chi connectivity index (χ4n) is 1.46. The van der Waals surface area contributed by atoms with Crippen LogP contribution in [0.1, 0.15) is 0 Å². The van der Waals surface area contributed by atoms with Gasteiger partial charge in [-0.05, 0) is 0 Å². The lowest BCUT2D eigenvalue weighted by atomic mass is 10.0. The van der Waals surface area contributed by atoms with Crippen molar-refractivity contribution >= 4 is 11.8 Å². The van der Waals surface area contributed by atoms with Crippen LogP contribution in [0.4, 0.5) is 52.7 Å². The van der Waals surface area contributed by atoms with Gasteiger partial charge in [-0.2, -0.15) is 35.1 Å². The number of alkyl halides is 12. The Hall–Kier alpha value is -0.990. The van der Waals surface area contributed by atoms with Crippen LogP contribution in [0.2, 0.25) is 0 Å². The Morgan fingerprint density at radius 1 is 0.920 bits per heavy atom. The second-order valence-electron chi connectivity index (χ2n) is 4.68. The van der Waals surface area contributed by atoms with E-state index in [1.807, 2.05) is 0 Å². The molecule has 0 aliphatic carbocycles. The van der Waals surface area contributed by atoms with E-state index in [4.69, 9.17) is 0 Å². The molecule has 1 N–H and O–H groups in total. The van der Waals surface area contributed by atoms with Crippen molar-refractivity contribution in [3.05, 3.63) is 11.2 Å². The van der Waals surface area contributed by atoms with E-state index in [0.29, 0.717) is 0 Å². The molecule has 1 aliphatic heterocycles. The van der Waals surface area contributed by atoms with Gasteiger partial charge in [0, 0.05) is 5.41 Å². The maximum absolute atomic E-state index is 13.5. The molecule has 0 radical (unpaired) electrons. The summed E-state index contributed by atoms with van der Waals surface area (Å²) >= 11 is -0.434. The molecule has 0 bridgehead atoms. The van der Waals surface area contributed by atoms with Gasteiger partial charge >= 0.3 is 36.5 Å². The Labute approximate surface area is 134 Å². The first-order valence-electron chi connectivity index (χ1n) is 5.76. The molecule has 1 rings (SSSR count). The van der Waals surface area contributed by atoms with E-state index in [1.165, 1.54) is 0 Å². The van der Waals surface area contributed by atoms with E-state index >= 15 is 0 Å². The van der Waals surface area contributed by atoms with Gasteiger partial charge in [0.1, 0.15) is 0 Å². The molecule has 148 valence electrons. The first-order valence-corrected chi connectivity index (χ1v) is 6.81. The summed E-state index contributed by atoms with van der Waals surface area (Å²) in [5.74, 6) is -34.0. The lowest BCUT2D eigenvalue weighted by Gasteiger charge is -2.42. The topological polar surface area (TPSA) is 29.5 Å². The zero-order valence-corrected chi connectivity index (χ0v) is 12.1. The van der Waals surface area contributed by atoms with E-state index < -0.39 is 65.6 Å². The van der Waals surface area contributed by atoms with Crippen molar-refractivity contribution in [3.63, 3.8) is 0 Å². The molecule has 0 aromatic rings. The van der Waals surface area contributed by atoms with Crippen LogP contribution < -0.4 is 0 Å². The van der Waals surface area contributed by atoms with Crippen LogP contribution in [0.25, 0.3) is 0 Å². The molecule has 0 amide bonds. The largest absolute Gasteiger partial charge is 0.452 e. The summed E-state index contributed by atoms with van der Waals surface area (Å²) in [7, 11) is 0. The molecule has 15 heteroatoms. The average Bonchev–Trinajstić information content (AvgIpc) is 2.46. The molecule has 0 saturated carbocycles. The third-order valence-corrected chi connectivity index (χ3v) is 3.87. The van der Waals surface area contributed by atoms with E-state index in [1.54, 1.807) is 0 Å². The normalized spacial score (nSPS) is 23.7. The number of aliphatic hydroxyl groups is 1. The summed E-state index contributed by atoms with van der Waals surface area (Å²) < 4.78 is 157. The van der Waals surface area contributed by atoms with Crippen LogP contribution in [0, 0.1) is 0 Å². The highest BCUT2D eigenvalue weighted by molar-refractivity contribution is 8.02. The summed E-state index contributed by atoms with van der Waals surface area (Å²) in [6.07, 6.45) is -10.1. The van der Waals surface area contributed by atoms with Crippen LogP contribution >= 0.6 is 11.8 Å². The van der Waals surface area contributed by atoms with Gasteiger partial charge in [0.2, 0.25) is 0 Å². The Morgan fingerprint density at radius 3 is 1.76 bits per heavy atom. The van der Waals surface area contributed by atoms with Gasteiger partial charge in [0.25, 0.3) is 5.79 Å². The van der Waals surface area contributed by atoms with E-state index in [0.717, 1.165) is 0 Å². The van der Waals surface area contributed by atoms with Crippen LogP contribution in [0.5, 0.6) is 0 Å². The highest BCUT2D eigenvalue weighted by Crippen LogP contribution is 2.53. The quantitative estimate of drug-likeness (QED) is 0.651. The Balaban J connectivity index is 3.29. The molecule has 0 aromatic carbocycles. The van der Waals surface area contributed by atoms with Crippen molar-refractivity contribution in [3.8, 4) is 0 Å². The monoisotopic (exact) mass is 418 g/mol. The predicted molar refractivity (Wildman–Crippen MR) is 58.4 cm³/mol. The maximum Gasteiger partial charge on any atom is 0.380 e. The maximum atomic E-state index is 13.5. The molecule has 1 unspecified atom stereocenters. The minimum atomic E-state index is -6.31. The average molecular weight is 418 g/mol. The van der Waals surface area contributed by atoms with Crippen molar-refractivity contribution in [1.29, 1.82) is 0 Å². The number of rotatable bonds is 6. The third-order valence-electron chi connectivity index (χ3n) is 2.93. The fraction of sp³-hybridized carbons (Fsp3) is 0.800. The van der Waals surface area contributed by atoms with Crippen molar-refractivity contribution in [2.24, 2.45) is 0 Å². The smallest absolute Gasteiger partial charge is 0.380 e. The second kappa shape index (κ2) is 6.32. The SMILES string of the molecule is OC1(C(F)(F)C(F)(F)C(F)F)CSC=C(C(F)(F)C(F)(F)C(F)F)O1. The van der Waals surface area contributed by atoms with Gasteiger partial charge in [0.05, 0.1) is 5.75 Å². The Kier molecular flexibility index (Phi) is 5.57. The van der Waals surface area contributed by atoms with E-state index in [-0.39, 0.29) is 5.41 Å². The number of halogens is 12. The van der Waals surface area contributed by atoms with Crippen molar-refractivity contribution in [1.82, 2.24) is 0 Å². The molecule has 2 nitrogen and oxygen atoms in total. The van der Waals surface area contributed by atoms with Gasteiger partial charge in [-0.3, -0.25) is 0 Å². The van der Waals surface area contributed by atoms with Gasteiger partial charge in [0.15, 0.2) is 5.76 Å². The number of hydrogen-bond donors (Lipinski definition) is 1. The van der Waals surface area contributed by atoms with E-state index in [2.05, 4.69) is 4.74 Å². The summed E-state index contributed by atoms with van der Waals surface area (Å²) in [4.78, 5) is 0. The van der Waals surface area contributed by atoms with Crippen molar-refractivity contribution < 1.29 is 62.5 Å². The minimum Gasteiger partial charge on any atom is -0.452 e. The van der Waals surface area contributed by atoms with Gasteiger partial charge < -0.3 is 9.84 Å². The molecule has 0 fully saturated rings. The molecule has 0 spiro atoms. The number of ether oxygens (including phenoxy) is 1. The number of allylic oxidation sites excluding steroid dienone is 1. The highest BCUT2D eigenvalue weighted by atomic mass is 32.2. The summed E-state index contributed by atoms with van der Waals surface area (Å²) in [5.41, 5.74) is 0. The molecule has 0 aromatic heterocycles. The summed E-state index contributed by atoms with van der Waals surface area (Å²) in [6.45, 7) is 0. The lowest BCUT2D eigenvalue weighted by molar-refractivity contribution is -0.385. The van der Waals surface area contributed by atoms with Crippen molar-refractivity contribution in [2.45, 2.75) is 42.3 Å². The molecule has 1 heterocycles. The van der Waals surface area contributed by atoms with Crippen LogP contribution in [-0.4, -0.2) is 53.2 Å². The minimum absolute atomic E-state index is 0.207. The van der Waals surface area contributed by atoms with Crippen molar-refractivity contribution in [2.75, 3.05) is 5.75 Å². The second-order valence-corrected chi connectivity index (χ2v) is 5.53. The fourth-order valence-corrected chi connectivity index (χ4v) is 2.35. The number of hydrogen-bond acceptors (Lipinski definition) is 3. The zero-order chi connectivity index (χ0) is 20.1. The van der Waals surface area contributed by atoms with E-state index in [9.17, 15) is 57.8 Å². The van der Waals surface area contributed by atoms with Crippen LogP contribution in [-0.2, 0) is 4.74 Å². The van der Waals surface area contributed by atoms with Gasteiger partial charge in [-0.25, -0.2) is 17.6 Å². The predicted octanol–water partition coefficient (Wildman–Crippen LogP) is 4.35. The zero-order valence-electron chi connectivity index (χ0n) is 11.2. The first-order chi connectivity index (χ1) is 10.9.